The van der Waals surface area contributed by atoms with Crippen LogP contribution in [-0.4, -0.2) is 29.1 Å². The maximum absolute atomic E-state index is 11.9. The fourth-order valence-corrected chi connectivity index (χ4v) is 2.82. The molecule has 0 spiro atoms. The Balaban J connectivity index is 1.82. The molecule has 2 rings (SSSR count). The van der Waals surface area contributed by atoms with Gasteiger partial charge in [0.15, 0.2) is 0 Å². The zero-order chi connectivity index (χ0) is 15.3. The topological polar surface area (TPSA) is 78.4 Å². The standard InChI is InChI=1S/C15H19ClN2O3/c16-11-5-1-2-6-12(11)18-13(19)7-10-17-15(14(20)21)8-3-4-9-15/h1-2,5-6,17H,3-4,7-10H2,(H,18,19)(H,20,21). The maximum atomic E-state index is 11.9. The van der Waals surface area contributed by atoms with E-state index in [1.807, 2.05) is 0 Å². The van der Waals surface area contributed by atoms with Crippen molar-refractivity contribution in [2.75, 3.05) is 11.9 Å². The predicted molar refractivity (Wildman–Crippen MR) is 81.5 cm³/mol. The van der Waals surface area contributed by atoms with Crippen LogP contribution in [0.3, 0.4) is 0 Å². The lowest BCUT2D eigenvalue weighted by molar-refractivity contribution is -0.144. The average molecular weight is 311 g/mol. The van der Waals surface area contributed by atoms with Crippen molar-refractivity contribution in [1.82, 2.24) is 5.32 Å². The molecule has 1 aliphatic rings. The lowest BCUT2D eigenvalue weighted by Crippen LogP contribution is -2.50. The first-order valence-electron chi connectivity index (χ1n) is 7.06. The molecule has 5 nitrogen and oxygen atoms in total. The molecule has 21 heavy (non-hydrogen) atoms. The summed E-state index contributed by atoms with van der Waals surface area (Å²) in [6, 6.07) is 7.00. The van der Waals surface area contributed by atoms with Crippen molar-refractivity contribution in [2.24, 2.45) is 0 Å². The summed E-state index contributed by atoms with van der Waals surface area (Å²) >= 11 is 5.96. The molecule has 0 atom stereocenters. The van der Waals surface area contributed by atoms with E-state index in [0.29, 0.717) is 30.1 Å². The van der Waals surface area contributed by atoms with Crippen molar-refractivity contribution < 1.29 is 14.7 Å². The molecule has 6 heteroatoms. The molecule has 0 saturated heterocycles. The van der Waals surface area contributed by atoms with Crippen molar-refractivity contribution in [2.45, 2.75) is 37.6 Å². The van der Waals surface area contributed by atoms with Crippen LogP contribution in [0.2, 0.25) is 5.02 Å². The maximum Gasteiger partial charge on any atom is 0.323 e. The van der Waals surface area contributed by atoms with Gasteiger partial charge < -0.3 is 15.7 Å². The molecule has 0 heterocycles. The van der Waals surface area contributed by atoms with Crippen LogP contribution in [0.5, 0.6) is 0 Å². The molecule has 0 aliphatic heterocycles. The summed E-state index contributed by atoms with van der Waals surface area (Å²) in [5, 5.41) is 15.6. The van der Waals surface area contributed by atoms with E-state index in [-0.39, 0.29) is 12.3 Å². The zero-order valence-electron chi connectivity index (χ0n) is 11.7. The first-order valence-corrected chi connectivity index (χ1v) is 7.44. The molecule has 0 aromatic heterocycles. The Labute approximate surface area is 128 Å². The smallest absolute Gasteiger partial charge is 0.323 e. The number of nitrogens with one attached hydrogen (secondary N) is 2. The number of para-hydroxylation sites is 1. The van der Waals surface area contributed by atoms with E-state index in [9.17, 15) is 14.7 Å². The lowest BCUT2D eigenvalue weighted by Gasteiger charge is -2.25. The minimum absolute atomic E-state index is 0.186. The van der Waals surface area contributed by atoms with Crippen LogP contribution < -0.4 is 10.6 Å². The Morgan fingerprint density at radius 1 is 1.24 bits per heavy atom. The van der Waals surface area contributed by atoms with Crippen LogP contribution in [0.1, 0.15) is 32.1 Å². The van der Waals surface area contributed by atoms with Gasteiger partial charge in [0.1, 0.15) is 5.54 Å². The van der Waals surface area contributed by atoms with E-state index in [0.717, 1.165) is 12.8 Å². The quantitative estimate of drug-likeness (QED) is 0.755. The van der Waals surface area contributed by atoms with Gasteiger partial charge in [-0.3, -0.25) is 9.59 Å². The number of halogens is 1. The second kappa shape index (κ2) is 6.91. The van der Waals surface area contributed by atoms with Crippen LogP contribution in [0.15, 0.2) is 24.3 Å². The van der Waals surface area contributed by atoms with Crippen LogP contribution in [0.25, 0.3) is 0 Å². The van der Waals surface area contributed by atoms with Crippen LogP contribution in [0.4, 0.5) is 5.69 Å². The van der Waals surface area contributed by atoms with E-state index in [4.69, 9.17) is 11.6 Å². The van der Waals surface area contributed by atoms with Crippen LogP contribution in [-0.2, 0) is 9.59 Å². The molecule has 1 aliphatic carbocycles. The number of amides is 1. The number of hydrogen-bond donors (Lipinski definition) is 3. The van der Waals surface area contributed by atoms with Gasteiger partial charge >= 0.3 is 5.97 Å². The summed E-state index contributed by atoms with van der Waals surface area (Å²) < 4.78 is 0. The van der Waals surface area contributed by atoms with E-state index >= 15 is 0 Å². The SMILES string of the molecule is O=C(CCNC1(C(=O)O)CCCC1)Nc1ccccc1Cl. The summed E-state index contributed by atoms with van der Waals surface area (Å²) in [6.45, 7) is 0.336. The van der Waals surface area contributed by atoms with E-state index in [1.165, 1.54) is 0 Å². The number of carboxylic acid groups (broad SMARTS) is 1. The van der Waals surface area contributed by atoms with E-state index in [1.54, 1.807) is 24.3 Å². The Morgan fingerprint density at radius 3 is 2.52 bits per heavy atom. The monoisotopic (exact) mass is 310 g/mol. The summed E-state index contributed by atoms with van der Waals surface area (Å²) in [5.41, 5.74) is -0.289. The molecule has 0 bridgehead atoms. The molecule has 0 radical (unpaired) electrons. The number of anilines is 1. The van der Waals surface area contributed by atoms with E-state index < -0.39 is 11.5 Å². The molecule has 0 unspecified atom stereocenters. The summed E-state index contributed by atoms with van der Waals surface area (Å²) in [6.07, 6.45) is 3.26. The minimum atomic E-state index is -0.856. The molecule has 114 valence electrons. The predicted octanol–water partition coefficient (Wildman–Crippen LogP) is 2.66. The normalized spacial score (nSPS) is 16.6. The second-order valence-corrected chi connectivity index (χ2v) is 5.71. The first kappa shape index (κ1) is 15.8. The van der Waals surface area contributed by atoms with Crippen molar-refractivity contribution in [1.29, 1.82) is 0 Å². The number of benzene rings is 1. The Hall–Kier alpha value is -1.59. The highest BCUT2D eigenvalue weighted by molar-refractivity contribution is 6.33. The number of carboxylic acids is 1. The highest BCUT2D eigenvalue weighted by atomic mass is 35.5. The molecule has 3 N–H and O–H groups in total. The zero-order valence-corrected chi connectivity index (χ0v) is 12.4. The first-order chi connectivity index (χ1) is 10.0. The number of rotatable bonds is 6. The minimum Gasteiger partial charge on any atom is -0.480 e. The van der Waals surface area contributed by atoms with Crippen molar-refractivity contribution in [3.63, 3.8) is 0 Å². The van der Waals surface area contributed by atoms with Gasteiger partial charge in [-0.25, -0.2) is 0 Å². The number of carbonyl (C=O) groups is 2. The van der Waals surface area contributed by atoms with Gasteiger partial charge in [0.25, 0.3) is 0 Å². The molecular weight excluding hydrogens is 292 g/mol. The highest BCUT2D eigenvalue weighted by Crippen LogP contribution is 2.29. The summed E-state index contributed by atoms with van der Waals surface area (Å²) in [4.78, 5) is 23.2. The van der Waals surface area contributed by atoms with Gasteiger partial charge in [0, 0.05) is 13.0 Å². The molecule has 1 amide bonds. The lowest BCUT2D eigenvalue weighted by atomic mass is 9.98. The Kier molecular flexibility index (Phi) is 5.20. The number of hydrogen-bond acceptors (Lipinski definition) is 3. The van der Waals surface area contributed by atoms with Gasteiger partial charge in [0.2, 0.25) is 5.91 Å². The van der Waals surface area contributed by atoms with Gasteiger partial charge in [0.05, 0.1) is 10.7 Å². The largest absolute Gasteiger partial charge is 0.480 e. The van der Waals surface area contributed by atoms with Gasteiger partial charge in [-0.15, -0.1) is 0 Å². The van der Waals surface area contributed by atoms with E-state index in [2.05, 4.69) is 10.6 Å². The number of carbonyl (C=O) groups excluding carboxylic acids is 1. The third-order valence-corrected chi connectivity index (χ3v) is 4.16. The van der Waals surface area contributed by atoms with Crippen molar-refractivity contribution >= 4 is 29.2 Å². The average Bonchev–Trinajstić information content (AvgIpc) is 2.91. The second-order valence-electron chi connectivity index (χ2n) is 5.30. The Morgan fingerprint density at radius 2 is 1.90 bits per heavy atom. The fourth-order valence-electron chi connectivity index (χ4n) is 2.64. The Bertz CT molecular complexity index is 527. The highest BCUT2D eigenvalue weighted by Gasteiger charge is 2.40. The molecular formula is C15H19ClN2O3. The van der Waals surface area contributed by atoms with Gasteiger partial charge in [-0.05, 0) is 25.0 Å². The van der Waals surface area contributed by atoms with Crippen LogP contribution >= 0.6 is 11.6 Å². The number of aliphatic carboxylic acids is 1. The van der Waals surface area contributed by atoms with Gasteiger partial charge in [-0.1, -0.05) is 36.6 Å². The molecule has 1 aromatic carbocycles. The van der Waals surface area contributed by atoms with Gasteiger partial charge in [-0.2, -0.15) is 0 Å². The summed E-state index contributed by atoms with van der Waals surface area (Å²) in [5.74, 6) is -1.01. The molecule has 1 saturated carbocycles. The third kappa shape index (κ3) is 3.95. The fraction of sp³-hybridized carbons (Fsp3) is 0.467. The van der Waals surface area contributed by atoms with Crippen molar-refractivity contribution in [3.05, 3.63) is 29.3 Å². The van der Waals surface area contributed by atoms with Crippen molar-refractivity contribution in [3.8, 4) is 0 Å². The molecule has 1 aromatic rings. The third-order valence-electron chi connectivity index (χ3n) is 3.83. The van der Waals surface area contributed by atoms with Crippen LogP contribution in [0, 0.1) is 0 Å². The molecule has 1 fully saturated rings. The summed E-state index contributed by atoms with van der Waals surface area (Å²) in [7, 11) is 0.